The summed E-state index contributed by atoms with van der Waals surface area (Å²) in [5.41, 5.74) is 0.348. The molecule has 0 aliphatic heterocycles. The third kappa shape index (κ3) is 4.91. The first-order chi connectivity index (χ1) is 18.2. The number of fused-ring (bicyclic) bond motifs is 1. The van der Waals surface area contributed by atoms with Crippen LogP contribution in [-0.4, -0.2) is 32.9 Å². The molecule has 0 fully saturated rings. The fourth-order valence-corrected chi connectivity index (χ4v) is 4.92. The lowest BCUT2D eigenvalue weighted by Crippen LogP contribution is -2.41. The quantitative estimate of drug-likeness (QED) is 0.196. The largest absolute Gasteiger partial charge is 0.357 e. The van der Waals surface area contributed by atoms with Gasteiger partial charge in [0, 0.05) is 11.8 Å². The minimum absolute atomic E-state index is 0.245. The van der Waals surface area contributed by atoms with Gasteiger partial charge in [0.2, 0.25) is 0 Å². The van der Waals surface area contributed by atoms with E-state index in [4.69, 9.17) is 0 Å². The molecule has 0 saturated heterocycles. The lowest BCUT2D eigenvalue weighted by molar-refractivity contribution is 0.0913. The molecule has 0 spiro atoms. The summed E-state index contributed by atoms with van der Waals surface area (Å²) in [4.78, 5) is 42.3. The number of rotatable bonds is 7. The average molecular weight is 531 g/mol. The molecule has 5 N–H and O–H groups in total. The van der Waals surface area contributed by atoms with Crippen molar-refractivity contribution < 1.29 is 18.8 Å². The molecular formula is C27H23FN6O3S. The molecule has 0 bridgehead atoms. The minimum Gasteiger partial charge on any atom is -0.357 e. The molecule has 0 saturated carbocycles. The number of para-hydroxylation sites is 1. The first-order valence-corrected chi connectivity index (χ1v) is 12.4. The number of thiophene rings is 1. The smallest absolute Gasteiger partial charge is 0.272 e. The van der Waals surface area contributed by atoms with Gasteiger partial charge in [-0.15, -0.1) is 11.3 Å². The Labute approximate surface area is 220 Å². The van der Waals surface area contributed by atoms with Crippen molar-refractivity contribution in [3.63, 3.8) is 0 Å². The van der Waals surface area contributed by atoms with Crippen molar-refractivity contribution in [3.05, 3.63) is 100 Å². The van der Waals surface area contributed by atoms with Gasteiger partial charge in [-0.3, -0.25) is 19.5 Å². The van der Waals surface area contributed by atoms with E-state index >= 15 is 0 Å². The van der Waals surface area contributed by atoms with E-state index in [1.807, 2.05) is 0 Å². The average Bonchev–Trinajstić information content (AvgIpc) is 3.63. The monoisotopic (exact) mass is 530 g/mol. The van der Waals surface area contributed by atoms with Crippen LogP contribution < -0.4 is 16.0 Å². The lowest BCUT2D eigenvalue weighted by Gasteiger charge is -2.27. The molecule has 5 rings (SSSR count). The highest BCUT2D eigenvalue weighted by Crippen LogP contribution is 2.31. The SMILES string of the molecule is CC(C)(NC(=O)c1cc2c(NC(=O)c3ccccc3NC(=O)c3ccc[nH]3)[nH]nc2s1)c1ccccc1F. The summed E-state index contributed by atoms with van der Waals surface area (Å²) < 4.78 is 14.3. The molecule has 0 aliphatic carbocycles. The van der Waals surface area contributed by atoms with Gasteiger partial charge < -0.3 is 20.9 Å². The Balaban J connectivity index is 1.34. The molecule has 0 unspecified atom stereocenters. The predicted molar refractivity (Wildman–Crippen MR) is 144 cm³/mol. The number of aromatic amines is 2. The zero-order chi connectivity index (χ0) is 26.9. The van der Waals surface area contributed by atoms with Crippen molar-refractivity contribution in [3.8, 4) is 0 Å². The summed E-state index contributed by atoms with van der Waals surface area (Å²) in [6.45, 7) is 3.45. The van der Waals surface area contributed by atoms with Crippen molar-refractivity contribution in [1.82, 2.24) is 20.5 Å². The van der Waals surface area contributed by atoms with E-state index in [1.165, 1.54) is 6.07 Å². The topological polar surface area (TPSA) is 132 Å². The van der Waals surface area contributed by atoms with Gasteiger partial charge in [0.15, 0.2) is 0 Å². The fraction of sp³-hybridized carbons (Fsp3) is 0.111. The summed E-state index contributed by atoms with van der Waals surface area (Å²) in [7, 11) is 0. The van der Waals surface area contributed by atoms with Crippen LogP contribution in [0.4, 0.5) is 15.9 Å². The van der Waals surface area contributed by atoms with Crippen molar-refractivity contribution in [2.45, 2.75) is 19.4 Å². The number of benzene rings is 2. The molecule has 0 atom stereocenters. The highest BCUT2D eigenvalue weighted by Gasteiger charge is 2.28. The Morgan fingerprint density at radius 3 is 2.45 bits per heavy atom. The van der Waals surface area contributed by atoms with E-state index in [9.17, 15) is 18.8 Å². The zero-order valence-corrected chi connectivity index (χ0v) is 21.2. The number of amides is 3. The van der Waals surface area contributed by atoms with Crippen LogP contribution in [0.2, 0.25) is 0 Å². The molecule has 9 nitrogen and oxygen atoms in total. The van der Waals surface area contributed by atoms with Crippen LogP contribution >= 0.6 is 11.3 Å². The lowest BCUT2D eigenvalue weighted by atomic mass is 9.93. The molecule has 3 amide bonds. The van der Waals surface area contributed by atoms with Crippen LogP contribution in [0.15, 0.2) is 72.9 Å². The molecule has 0 aliphatic rings. The van der Waals surface area contributed by atoms with Gasteiger partial charge in [0.1, 0.15) is 22.2 Å². The number of carbonyl (C=O) groups excluding carboxylic acids is 3. The van der Waals surface area contributed by atoms with Gasteiger partial charge in [0.25, 0.3) is 17.7 Å². The Kier molecular flexibility index (Phi) is 6.52. The Hall–Kier alpha value is -4.77. The molecule has 0 radical (unpaired) electrons. The highest BCUT2D eigenvalue weighted by atomic mass is 32.1. The van der Waals surface area contributed by atoms with E-state index in [2.05, 4.69) is 31.1 Å². The maximum absolute atomic E-state index is 14.3. The fourth-order valence-electron chi connectivity index (χ4n) is 4.03. The van der Waals surface area contributed by atoms with Crippen LogP contribution in [0.25, 0.3) is 10.2 Å². The second-order valence-corrected chi connectivity index (χ2v) is 10.1. The van der Waals surface area contributed by atoms with Crippen molar-refractivity contribution >= 4 is 50.8 Å². The predicted octanol–water partition coefficient (Wildman–Crippen LogP) is 5.26. The van der Waals surface area contributed by atoms with Crippen LogP contribution in [0.1, 0.15) is 49.9 Å². The number of hydrogen-bond donors (Lipinski definition) is 5. The van der Waals surface area contributed by atoms with Crippen molar-refractivity contribution in [1.29, 1.82) is 0 Å². The first-order valence-electron chi connectivity index (χ1n) is 11.6. The van der Waals surface area contributed by atoms with Crippen LogP contribution in [-0.2, 0) is 5.54 Å². The number of halogens is 1. The Morgan fingerprint density at radius 2 is 1.68 bits per heavy atom. The number of nitrogens with one attached hydrogen (secondary N) is 5. The van der Waals surface area contributed by atoms with Crippen molar-refractivity contribution in [2.75, 3.05) is 10.6 Å². The van der Waals surface area contributed by atoms with E-state index in [0.29, 0.717) is 37.9 Å². The van der Waals surface area contributed by atoms with Gasteiger partial charge >= 0.3 is 0 Å². The number of aromatic nitrogens is 3. The molecule has 5 aromatic rings. The Bertz CT molecular complexity index is 1650. The van der Waals surface area contributed by atoms with E-state index in [-0.39, 0.29) is 11.5 Å². The molecule has 3 heterocycles. The third-order valence-corrected chi connectivity index (χ3v) is 6.98. The molecule has 38 heavy (non-hydrogen) atoms. The maximum Gasteiger partial charge on any atom is 0.272 e. The maximum atomic E-state index is 14.3. The zero-order valence-electron chi connectivity index (χ0n) is 20.4. The van der Waals surface area contributed by atoms with Gasteiger partial charge in [-0.2, -0.15) is 5.10 Å². The number of nitrogens with zero attached hydrogens (tertiary/aromatic N) is 1. The first kappa shape index (κ1) is 24.9. The second-order valence-electron chi connectivity index (χ2n) is 9.02. The van der Waals surface area contributed by atoms with Crippen LogP contribution in [0.3, 0.4) is 0 Å². The molecule has 11 heteroatoms. The number of anilines is 2. The number of carbonyl (C=O) groups is 3. The molecule has 3 aromatic heterocycles. The summed E-state index contributed by atoms with van der Waals surface area (Å²) in [5, 5.41) is 15.9. The van der Waals surface area contributed by atoms with Gasteiger partial charge in [-0.25, -0.2) is 4.39 Å². The third-order valence-electron chi connectivity index (χ3n) is 5.95. The summed E-state index contributed by atoms with van der Waals surface area (Å²) in [6.07, 6.45) is 1.63. The Morgan fingerprint density at radius 1 is 0.921 bits per heavy atom. The number of hydrogen-bond acceptors (Lipinski definition) is 5. The van der Waals surface area contributed by atoms with Gasteiger partial charge in [-0.05, 0) is 50.2 Å². The summed E-state index contributed by atoms with van der Waals surface area (Å²) in [5.74, 6) is -1.36. The highest BCUT2D eigenvalue weighted by molar-refractivity contribution is 7.20. The van der Waals surface area contributed by atoms with Gasteiger partial charge in [-0.1, -0.05) is 30.3 Å². The standard InChI is InChI=1S/C27H23FN6O3S/c1-27(2,17-9-4-5-10-18(17)28)32-25(37)21-14-16-22(33-34-26(16)38-21)31-23(35)15-8-3-6-11-19(15)30-24(36)20-12-7-13-29-20/h3-14,29H,1-2H3,(H,30,36)(H,32,37)(H2,31,33,34,35). The minimum atomic E-state index is -0.957. The summed E-state index contributed by atoms with van der Waals surface area (Å²) >= 11 is 1.14. The van der Waals surface area contributed by atoms with E-state index < -0.39 is 23.2 Å². The van der Waals surface area contributed by atoms with Crippen LogP contribution in [0.5, 0.6) is 0 Å². The van der Waals surface area contributed by atoms with Gasteiger partial charge in [0.05, 0.1) is 27.1 Å². The number of H-pyrrole nitrogens is 2. The molecule has 2 aromatic carbocycles. The summed E-state index contributed by atoms with van der Waals surface area (Å²) in [6, 6.07) is 17.8. The second kappa shape index (κ2) is 9.94. The molecule has 192 valence electrons. The van der Waals surface area contributed by atoms with Crippen molar-refractivity contribution in [2.24, 2.45) is 0 Å². The van der Waals surface area contributed by atoms with E-state index in [0.717, 1.165) is 11.3 Å². The van der Waals surface area contributed by atoms with E-state index in [1.54, 1.807) is 80.7 Å². The normalized spacial score (nSPS) is 11.3. The van der Waals surface area contributed by atoms with Crippen LogP contribution in [0, 0.1) is 5.82 Å². The molecular weight excluding hydrogens is 507 g/mol.